The van der Waals surface area contributed by atoms with Crippen LogP contribution in [-0.4, -0.2) is 24.2 Å². The number of halogens is 1. The second-order valence-corrected chi connectivity index (χ2v) is 5.34. The van der Waals surface area contributed by atoms with Gasteiger partial charge in [0, 0.05) is 11.6 Å². The molecule has 2 aromatic rings. The van der Waals surface area contributed by atoms with Crippen molar-refractivity contribution in [2.75, 3.05) is 13.2 Å². The second kappa shape index (κ2) is 7.82. The molecule has 22 heavy (non-hydrogen) atoms. The lowest BCUT2D eigenvalue weighted by Gasteiger charge is -2.13. The Bertz CT molecular complexity index is 631. The zero-order valence-corrected chi connectivity index (χ0v) is 13.0. The van der Waals surface area contributed by atoms with E-state index in [1.54, 1.807) is 18.2 Å². The summed E-state index contributed by atoms with van der Waals surface area (Å²) in [6.07, 6.45) is -0.733. The monoisotopic (exact) mass is 319 g/mol. The molecule has 0 heterocycles. The van der Waals surface area contributed by atoms with Crippen molar-refractivity contribution in [2.24, 2.45) is 0 Å². The Morgan fingerprint density at radius 1 is 1.27 bits per heavy atom. The molecular weight excluding hydrogens is 302 g/mol. The largest absolute Gasteiger partial charge is 0.484 e. The molecule has 2 N–H and O–H groups in total. The number of carbonyl (C=O) groups is 1. The van der Waals surface area contributed by atoms with Crippen LogP contribution in [0.2, 0.25) is 5.02 Å². The summed E-state index contributed by atoms with van der Waals surface area (Å²) in [5, 5.41) is 13.2. The van der Waals surface area contributed by atoms with Gasteiger partial charge in [-0.25, -0.2) is 0 Å². The molecule has 5 heteroatoms. The first-order valence-electron chi connectivity index (χ1n) is 6.95. The third-order valence-corrected chi connectivity index (χ3v) is 3.60. The van der Waals surface area contributed by atoms with Crippen LogP contribution < -0.4 is 10.1 Å². The van der Waals surface area contributed by atoms with E-state index in [1.807, 2.05) is 37.3 Å². The molecule has 0 spiro atoms. The predicted molar refractivity (Wildman–Crippen MR) is 86.1 cm³/mol. The van der Waals surface area contributed by atoms with Crippen molar-refractivity contribution in [1.82, 2.24) is 5.32 Å². The molecule has 0 bridgehead atoms. The summed E-state index contributed by atoms with van der Waals surface area (Å²) < 4.78 is 5.39. The number of amides is 1. The van der Waals surface area contributed by atoms with Gasteiger partial charge < -0.3 is 15.2 Å². The average molecular weight is 320 g/mol. The molecule has 0 saturated carbocycles. The minimum absolute atomic E-state index is 0.109. The number of benzene rings is 2. The molecule has 1 amide bonds. The van der Waals surface area contributed by atoms with Crippen LogP contribution in [0.25, 0.3) is 0 Å². The van der Waals surface area contributed by atoms with Crippen molar-refractivity contribution < 1.29 is 14.6 Å². The van der Waals surface area contributed by atoms with Crippen molar-refractivity contribution in [3.05, 3.63) is 64.7 Å². The maximum absolute atomic E-state index is 11.7. The highest BCUT2D eigenvalue weighted by atomic mass is 35.5. The van der Waals surface area contributed by atoms with Crippen molar-refractivity contribution >= 4 is 17.5 Å². The number of aliphatic hydroxyl groups is 1. The molecule has 2 aromatic carbocycles. The number of hydrogen-bond acceptors (Lipinski definition) is 3. The van der Waals surface area contributed by atoms with Gasteiger partial charge in [0.25, 0.3) is 5.91 Å². The summed E-state index contributed by atoms with van der Waals surface area (Å²) >= 11 is 5.92. The quantitative estimate of drug-likeness (QED) is 0.860. The van der Waals surface area contributed by atoms with Gasteiger partial charge in [-0.1, -0.05) is 41.9 Å². The topological polar surface area (TPSA) is 58.6 Å². The van der Waals surface area contributed by atoms with Crippen LogP contribution in [0.15, 0.2) is 48.5 Å². The van der Waals surface area contributed by atoms with Gasteiger partial charge >= 0.3 is 0 Å². The number of rotatable bonds is 6. The van der Waals surface area contributed by atoms with Gasteiger partial charge in [0.05, 0.1) is 6.10 Å². The fourth-order valence-electron chi connectivity index (χ4n) is 1.91. The van der Waals surface area contributed by atoms with Crippen LogP contribution in [0, 0.1) is 6.92 Å². The second-order valence-electron chi connectivity index (χ2n) is 4.93. The van der Waals surface area contributed by atoms with E-state index in [-0.39, 0.29) is 19.1 Å². The van der Waals surface area contributed by atoms with E-state index in [4.69, 9.17) is 16.3 Å². The fraction of sp³-hybridized carbons (Fsp3) is 0.235. The smallest absolute Gasteiger partial charge is 0.258 e. The summed E-state index contributed by atoms with van der Waals surface area (Å²) in [6, 6.07) is 14.4. The maximum atomic E-state index is 11.7. The minimum Gasteiger partial charge on any atom is -0.484 e. The molecule has 0 aromatic heterocycles. The van der Waals surface area contributed by atoms with Crippen LogP contribution in [0.5, 0.6) is 5.75 Å². The van der Waals surface area contributed by atoms with E-state index in [9.17, 15) is 9.90 Å². The maximum Gasteiger partial charge on any atom is 0.258 e. The first-order valence-corrected chi connectivity index (χ1v) is 7.32. The van der Waals surface area contributed by atoms with Crippen LogP contribution >= 0.6 is 11.6 Å². The molecule has 4 nitrogen and oxygen atoms in total. The Morgan fingerprint density at radius 3 is 2.68 bits per heavy atom. The molecular formula is C17H18ClNO3. The molecule has 0 unspecified atom stereocenters. The molecule has 0 radical (unpaired) electrons. The minimum atomic E-state index is -0.733. The normalized spacial score (nSPS) is 11.8. The van der Waals surface area contributed by atoms with E-state index in [2.05, 4.69) is 5.32 Å². The Labute approximate surface area is 134 Å². The van der Waals surface area contributed by atoms with Gasteiger partial charge in [-0.3, -0.25) is 4.79 Å². The van der Waals surface area contributed by atoms with Gasteiger partial charge in [0.1, 0.15) is 5.75 Å². The van der Waals surface area contributed by atoms with Crippen molar-refractivity contribution in [3.63, 3.8) is 0 Å². The molecule has 116 valence electrons. The lowest BCUT2D eigenvalue weighted by molar-refractivity contribution is -0.123. The third kappa shape index (κ3) is 4.76. The lowest BCUT2D eigenvalue weighted by Crippen LogP contribution is -2.32. The third-order valence-electron chi connectivity index (χ3n) is 3.18. The Morgan fingerprint density at radius 2 is 2.00 bits per heavy atom. The van der Waals surface area contributed by atoms with Gasteiger partial charge in [-0.2, -0.15) is 0 Å². The molecule has 1 atom stereocenters. The molecule has 0 aliphatic heterocycles. The van der Waals surface area contributed by atoms with E-state index < -0.39 is 6.10 Å². The van der Waals surface area contributed by atoms with Gasteiger partial charge in [0.2, 0.25) is 0 Å². The summed E-state index contributed by atoms with van der Waals surface area (Å²) in [4.78, 5) is 11.7. The predicted octanol–water partition coefficient (Wildman–Crippen LogP) is 2.88. The van der Waals surface area contributed by atoms with Crippen LogP contribution in [0.4, 0.5) is 0 Å². The van der Waals surface area contributed by atoms with Gasteiger partial charge in [-0.05, 0) is 36.2 Å². The van der Waals surface area contributed by atoms with E-state index in [0.717, 1.165) is 11.1 Å². The summed E-state index contributed by atoms with van der Waals surface area (Å²) in [6.45, 7) is 1.90. The SMILES string of the molecule is Cc1cc(OCC(=O)NC[C@@H](O)c2ccccc2)ccc1Cl. The highest BCUT2D eigenvalue weighted by molar-refractivity contribution is 6.31. The molecule has 2 rings (SSSR count). The average Bonchev–Trinajstić information content (AvgIpc) is 2.54. The Kier molecular flexibility index (Phi) is 5.81. The molecule has 0 fully saturated rings. The Balaban J connectivity index is 1.77. The summed E-state index contributed by atoms with van der Waals surface area (Å²) in [5.74, 6) is 0.295. The van der Waals surface area contributed by atoms with Crippen LogP contribution in [-0.2, 0) is 4.79 Å². The number of carbonyl (C=O) groups excluding carboxylic acids is 1. The first kappa shape index (κ1) is 16.3. The highest BCUT2D eigenvalue weighted by Gasteiger charge is 2.09. The zero-order valence-electron chi connectivity index (χ0n) is 12.3. The van der Waals surface area contributed by atoms with Crippen molar-refractivity contribution in [1.29, 1.82) is 0 Å². The number of aryl methyl sites for hydroxylation is 1. The number of nitrogens with one attached hydrogen (secondary N) is 1. The molecule has 0 aliphatic rings. The summed E-state index contributed by atoms with van der Waals surface area (Å²) in [5.41, 5.74) is 1.65. The van der Waals surface area contributed by atoms with E-state index in [1.165, 1.54) is 0 Å². The van der Waals surface area contributed by atoms with Crippen LogP contribution in [0.1, 0.15) is 17.2 Å². The summed E-state index contributed by atoms with van der Waals surface area (Å²) in [7, 11) is 0. The van der Waals surface area contributed by atoms with Crippen molar-refractivity contribution in [2.45, 2.75) is 13.0 Å². The first-order chi connectivity index (χ1) is 10.6. The van der Waals surface area contributed by atoms with E-state index >= 15 is 0 Å². The number of ether oxygens (including phenoxy) is 1. The molecule has 0 aliphatic carbocycles. The zero-order chi connectivity index (χ0) is 15.9. The van der Waals surface area contributed by atoms with Crippen molar-refractivity contribution in [3.8, 4) is 5.75 Å². The standard InChI is InChI=1S/C17H18ClNO3/c1-12-9-14(7-8-15(12)18)22-11-17(21)19-10-16(20)13-5-3-2-4-6-13/h2-9,16,20H,10-11H2,1H3,(H,19,21)/t16-/m1/s1. The Hall–Kier alpha value is -2.04. The van der Waals surface area contributed by atoms with Gasteiger partial charge in [0.15, 0.2) is 6.61 Å². The van der Waals surface area contributed by atoms with Crippen LogP contribution in [0.3, 0.4) is 0 Å². The number of hydrogen-bond donors (Lipinski definition) is 2. The lowest BCUT2D eigenvalue weighted by atomic mass is 10.1. The van der Waals surface area contributed by atoms with Gasteiger partial charge in [-0.15, -0.1) is 0 Å². The fourth-order valence-corrected chi connectivity index (χ4v) is 2.03. The molecule has 0 saturated heterocycles. The number of aliphatic hydroxyl groups excluding tert-OH is 1. The highest BCUT2D eigenvalue weighted by Crippen LogP contribution is 2.20. The van der Waals surface area contributed by atoms with E-state index in [0.29, 0.717) is 10.8 Å².